The molecule has 27 heavy (non-hydrogen) atoms. The smallest absolute Gasteiger partial charge is 0.274 e. The van der Waals surface area contributed by atoms with Crippen LogP contribution in [0.3, 0.4) is 0 Å². The van der Waals surface area contributed by atoms with Crippen molar-refractivity contribution in [3.05, 3.63) is 28.5 Å². The molecule has 0 amide bonds. The monoisotopic (exact) mass is 464 g/mol. The van der Waals surface area contributed by atoms with Gasteiger partial charge in [0.1, 0.15) is 11.5 Å². The van der Waals surface area contributed by atoms with Crippen LogP contribution in [-0.4, -0.2) is 44.1 Å². The summed E-state index contributed by atoms with van der Waals surface area (Å²) in [5.74, 6) is -0.778. The van der Waals surface area contributed by atoms with E-state index in [1.54, 1.807) is 0 Å². The summed E-state index contributed by atoms with van der Waals surface area (Å²) >= 11 is 3.04. The second-order valence-electron chi connectivity index (χ2n) is 6.13. The molecule has 0 unspecified atom stereocenters. The first-order valence-corrected chi connectivity index (χ1v) is 10.0. The number of nitrogens with two attached hydrogens (primary N) is 2. The third-order valence-electron chi connectivity index (χ3n) is 3.94. The number of halogens is 2. The van der Waals surface area contributed by atoms with E-state index < -0.39 is 16.0 Å². The van der Waals surface area contributed by atoms with E-state index in [1.807, 2.05) is 5.48 Å². The summed E-state index contributed by atoms with van der Waals surface area (Å²) in [4.78, 5) is 8.18. The van der Waals surface area contributed by atoms with Crippen LogP contribution in [0.4, 0.5) is 10.1 Å². The molecule has 1 aliphatic carbocycles. The van der Waals surface area contributed by atoms with Crippen LogP contribution >= 0.6 is 15.9 Å². The standard InChI is InChI=1S/C14H19BrFN7O3S/c15-9-5-8(1-2-10(9)16)22-12(18)11(17)13(23-24)20-6-14(3-4-14)7-21-27(19,25)26/h1-2,5,17,21,24H,3-4,6-7H2,(H2,18,22)(H,20,23)(H2,19,25,26)/p+1. The molecule has 1 fully saturated rings. The molecule has 0 radical (unpaired) electrons. The number of hydrogen-bond donors (Lipinski definition) is 5. The van der Waals surface area contributed by atoms with Gasteiger partial charge in [-0.05, 0) is 47.0 Å². The first-order valence-electron chi connectivity index (χ1n) is 7.68. The third-order valence-corrected chi connectivity index (χ3v) is 5.10. The predicted octanol–water partition coefficient (Wildman–Crippen LogP) is -0.202. The Morgan fingerprint density at radius 2 is 2.11 bits per heavy atom. The molecule has 0 aromatic heterocycles. The van der Waals surface area contributed by atoms with E-state index in [0.29, 0.717) is 5.69 Å². The van der Waals surface area contributed by atoms with E-state index >= 15 is 0 Å². The number of benzene rings is 1. The third kappa shape index (κ3) is 6.32. The maximum atomic E-state index is 13.3. The van der Waals surface area contributed by atoms with Crippen molar-refractivity contribution in [2.45, 2.75) is 12.8 Å². The molecule has 1 saturated carbocycles. The second-order valence-corrected chi connectivity index (χ2v) is 8.36. The molecule has 1 aromatic rings. The minimum atomic E-state index is -3.80. The summed E-state index contributed by atoms with van der Waals surface area (Å²) < 4.78 is 37.7. The van der Waals surface area contributed by atoms with Crippen molar-refractivity contribution in [3.8, 4) is 0 Å². The summed E-state index contributed by atoms with van der Waals surface area (Å²) in [6, 6.07) is 3.99. The fourth-order valence-corrected chi connectivity index (χ4v) is 2.99. The molecule has 13 heteroatoms. The summed E-state index contributed by atoms with van der Waals surface area (Å²) in [6.45, 7) is 0.315. The van der Waals surface area contributed by atoms with Gasteiger partial charge in [-0.25, -0.2) is 19.2 Å². The topological polar surface area (TPSA) is 182 Å². The highest BCUT2D eigenvalue weighted by Gasteiger charge is 2.43. The molecule has 1 aliphatic rings. The van der Waals surface area contributed by atoms with Crippen molar-refractivity contribution in [1.82, 2.24) is 10.2 Å². The Hall–Kier alpha value is -1.93. The van der Waals surface area contributed by atoms with E-state index in [4.69, 9.17) is 21.5 Å². The minimum Gasteiger partial charge on any atom is -0.382 e. The molecular formula is C14H20BrFN7O3S+. The van der Waals surface area contributed by atoms with Gasteiger partial charge in [-0.1, -0.05) is 0 Å². The molecule has 0 atom stereocenters. The zero-order valence-electron chi connectivity index (χ0n) is 14.1. The molecule has 148 valence electrons. The number of hydrogen-bond acceptors (Lipinski definition) is 5. The van der Waals surface area contributed by atoms with Crippen LogP contribution in [0, 0.1) is 16.6 Å². The van der Waals surface area contributed by atoms with Gasteiger partial charge in [0.05, 0.1) is 10.2 Å². The zero-order chi connectivity index (χ0) is 20.2. The fourth-order valence-electron chi connectivity index (χ4n) is 2.12. The lowest BCUT2D eigenvalue weighted by molar-refractivity contribution is 0.236. The van der Waals surface area contributed by atoms with Crippen molar-refractivity contribution in [2.75, 3.05) is 13.1 Å². The maximum Gasteiger partial charge on any atom is 0.274 e. The van der Waals surface area contributed by atoms with Crippen molar-refractivity contribution in [1.29, 1.82) is 5.41 Å². The highest BCUT2D eigenvalue weighted by atomic mass is 79.9. The average Bonchev–Trinajstić information content (AvgIpc) is 3.36. The van der Waals surface area contributed by atoms with Crippen molar-refractivity contribution < 1.29 is 18.0 Å². The van der Waals surface area contributed by atoms with Gasteiger partial charge in [0.25, 0.3) is 10.2 Å². The van der Waals surface area contributed by atoms with Crippen molar-refractivity contribution >= 4 is 49.2 Å². The summed E-state index contributed by atoms with van der Waals surface area (Å²) in [6.07, 6.45) is 1.48. The Balaban J connectivity index is 2.09. The van der Waals surface area contributed by atoms with Gasteiger partial charge in [0.15, 0.2) is 5.84 Å². The zero-order valence-corrected chi connectivity index (χ0v) is 16.5. The Labute approximate surface area is 163 Å². The number of nitrogens with one attached hydrogen (secondary N) is 3. The van der Waals surface area contributed by atoms with Crippen LogP contribution in [0.15, 0.2) is 32.7 Å². The number of rotatable bonds is 8. The van der Waals surface area contributed by atoms with E-state index in [9.17, 15) is 12.8 Å². The van der Waals surface area contributed by atoms with Gasteiger partial charge in [0.2, 0.25) is 5.84 Å². The minimum absolute atomic E-state index is 0.112. The fraction of sp³-hybridized carbons (Fsp3) is 0.357. The van der Waals surface area contributed by atoms with Gasteiger partial charge < -0.3 is 10.9 Å². The lowest BCUT2D eigenvalue weighted by Gasteiger charge is -2.13. The summed E-state index contributed by atoms with van der Waals surface area (Å²) in [5.41, 5.74) is 7.47. The molecule has 1 aromatic carbocycles. The van der Waals surface area contributed by atoms with E-state index in [2.05, 4.69) is 30.6 Å². The van der Waals surface area contributed by atoms with Crippen LogP contribution in [0.1, 0.15) is 12.8 Å². The molecule has 0 heterocycles. The van der Waals surface area contributed by atoms with E-state index in [1.165, 1.54) is 18.2 Å². The van der Waals surface area contributed by atoms with Crippen molar-refractivity contribution in [2.24, 2.45) is 26.3 Å². The highest BCUT2D eigenvalue weighted by Crippen LogP contribution is 2.45. The largest absolute Gasteiger partial charge is 0.382 e. The Kier molecular flexibility index (Phi) is 6.64. The molecule has 2 rings (SSSR count). The molecule has 0 bridgehead atoms. The van der Waals surface area contributed by atoms with Gasteiger partial charge in [-0.3, -0.25) is 10.4 Å². The lowest BCUT2D eigenvalue weighted by atomic mass is 10.1. The quantitative estimate of drug-likeness (QED) is 0.154. The Morgan fingerprint density at radius 1 is 1.44 bits per heavy atom. The van der Waals surface area contributed by atoms with Crippen LogP contribution < -0.4 is 21.1 Å². The summed E-state index contributed by atoms with van der Waals surface area (Å²) in [7, 11) is -3.80. The number of nitrogens with zero attached hydrogens (tertiary/aromatic N) is 2. The average molecular weight is 465 g/mol. The predicted molar refractivity (Wildman–Crippen MR) is 105 cm³/mol. The first-order chi connectivity index (χ1) is 12.6. The van der Waals surface area contributed by atoms with E-state index in [-0.39, 0.29) is 40.4 Å². The van der Waals surface area contributed by atoms with Crippen LogP contribution in [0.2, 0.25) is 0 Å². The normalized spacial score (nSPS) is 16.9. The number of aliphatic imine (C=N–C) groups is 2. The highest BCUT2D eigenvalue weighted by molar-refractivity contribution is 9.10. The molecule has 0 saturated heterocycles. The van der Waals surface area contributed by atoms with Crippen LogP contribution in [0.25, 0.3) is 0 Å². The number of hydroxylamine groups is 1. The summed E-state index contributed by atoms with van der Waals surface area (Å²) in [5, 5.41) is 20.3. The molecule has 0 aliphatic heterocycles. The lowest BCUT2D eigenvalue weighted by Crippen LogP contribution is -2.39. The van der Waals surface area contributed by atoms with Gasteiger partial charge in [-0.2, -0.15) is 8.42 Å². The molecular weight excluding hydrogens is 445 g/mol. The second kappa shape index (κ2) is 8.39. The number of amidine groups is 2. The van der Waals surface area contributed by atoms with Crippen LogP contribution in [0.5, 0.6) is 0 Å². The maximum absolute atomic E-state index is 13.3. The molecule has 0 spiro atoms. The SMILES string of the molecule is N=C(C(N)=Nc1ccc(F)c(Br)c1)C(=NCC1(CNS(N)(=O)=O)CC1)N[OH2+]. The first kappa shape index (κ1) is 21.4. The van der Waals surface area contributed by atoms with Gasteiger partial charge in [-0.15, -0.1) is 5.48 Å². The Bertz CT molecular complexity index is 900. The van der Waals surface area contributed by atoms with Crippen LogP contribution in [-0.2, 0) is 10.2 Å². The van der Waals surface area contributed by atoms with Crippen molar-refractivity contribution in [3.63, 3.8) is 0 Å². The van der Waals surface area contributed by atoms with Gasteiger partial charge in [0, 0.05) is 18.5 Å². The van der Waals surface area contributed by atoms with Gasteiger partial charge >= 0.3 is 0 Å². The Morgan fingerprint density at radius 3 is 2.63 bits per heavy atom. The molecule has 9 N–H and O–H groups in total. The molecule has 10 nitrogen and oxygen atoms in total. The van der Waals surface area contributed by atoms with E-state index in [0.717, 1.165) is 12.8 Å².